The zero-order valence-corrected chi connectivity index (χ0v) is 7.19. The predicted molar refractivity (Wildman–Crippen MR) is 42.0 cm³/mol. The summed E-state index contributed by atoms with van der Waals surface area (Å²) in [6.45, 7) is 0.984. The fourth-order valence-corrected chi connectivity index (χ4v) is 1.67. The number of hydrogen-bond acceptors (Lipinski definition) is 1. The van der Waals surface area contributed by atoms with Gasteiger partial charge in [0.1, 0.15) is 0 Å². The zero-order chi connectivity index (χ0) is 6.53. The van der Waals surface area contributed by atoms with Crippen LogP contribution in [0, 0.1) is 0 Å². The lowest BCUT2D eigenvalue weighted by Crippen LogP contribution is -2.18. The van der Waals surface area contributed by atoms with E-state index in [1.165, 1.54) is 25.7 Å². The Morgan fingerprint density at radius 3 is 2.89 bits per heavy atom. The average molecular weight is 193 g/mol. The Bertz CT molecular complexity index is 66.6. The van der Waals surface area contributed by atoms with Gasteiger partial charge >= 0.3 is 0 Å². The maximum atomic E-state index is 5.49. The first-order valence-electron chi connectivity index (χ1n) is 3.61. The van der Waals surface area contributed by atoms with Gasteiger partial charge in [0.15, 0.2) is 0 Å². The second-order valence-corrected chi connectivity index (χ2v) is 3.26. The fourth-order valence-electron chi connectivity index (χ4n) is 1.16. The van der Waals surface area contributed by atoms with Gasteiger partial charge in [-0.1, -0.05) is 15.9 Å². The van der Waals surface area contributed by atoms with Crippen molar-refractivity contribution in [3.63, 3.8) is 0 Å². The first kappa shape index (κ1) is 7.55. The molecule has 2 heteroatoms. The van der Waals surface area contributed by atoms with Gasteiger partial charge in [-0.15, -0.1) is 0 Å². The average Bonchev–Trinajstić information content (AvgIpc) is 1.91. The minimum Gasteiger partial charge on any atom is -0.378 e. The van der Waals surface area contributed by atoms with E-state index < -0.39 is 0 Å². The normalized spacial score (nSPS) is 28.3. The number of hydrogen-bond donors (Lipinski definition) is 0. The molecule has 9 heavy (non-hydrogen) atoms. The Morgan fingerprint density at radius 1 is 1.44 bits per heavy atom. The van der Waals surface area contributed by atoms with Crippen molar-refractivity contribution >= 4 is 15.9 Å². The second kappa shape index (κ2) is 4.29. The SMILES string of the molecule is BrCC[C@@H]1CCCCO1. The van der Waals surface area contributed by atoms with Crippen LogP contribution in [0.1, 0.15) is 25.7 Å². The summed E-state index contributed by atoms with van der Waals surface area (Å²) in [5.74, 6) is 0. The van der Waals surface area contributed by atoms with Crippen molar-refractivity contribution in [2.75, 3.05) is 11.9 Å². The molecule has 1 atom stereocenters. The molecule has 0 saturated carbocycles. The van der Waals surface area contributed by atoms with Crippen LogP contribution in [-0.4, -0.2) is 18.0 Å². The van der Waals surface area contributed by atoms with E-state index in [4.69, 9.17) is 4.74 Å². The molecule has 0 aromatic carbocycles. The lowest BCUT2D eigenvalue weighted by atomic mass is 10.1. The molecule has 1 fully saturated rings. The van der Waals surface area contributed by atoms with Crippen LogP contribution in [0.5, 0.6) is 0 Å². The summed E-state index contributed by atoms with van der Waals surface area (Å²) in [6.07, 6.45) is 5.63. The minimum absolute atomic E-state index is 0.554. The minimum atomic E-state index is 0.554. The molecule has 0 aromatic rings. The Kier molecular flexibility index (Phi) is 3.59. The molecule has 1 nitrogen and oxygen atoms in total. The molecule has 0 bridgehead atoms. The van der Waals surface area contributed by atoms with E-state index in [0.717, 1.165) is 11.9 Å². The van der Waals surface area contributed by atoms with Gasteiger partial charge in [0.2, 0.25) is 0 Å². The molecule has 1 aliphatic rings. The lowest BCUT2D eigenvalue weighted by molar-refractivity contribution is 0.0151. The van der Waals surface area contributed by atoms with Crippen molar-refractivity contribution in [2.24, 2.45) is 0 Å². The standard InChI is InChI=1S/C7H13BrO/c8-5-4-7-3-1-2-6-9-7/h7H,1-6H2/t7-/m0/s1. The monoisotopic (exact) mass is 192 g/mol. The van der Waals surface area contributed by atoms with Gasteiger partial charge in [0, 0.05) is 11.9 Å². The second-order valence-electron chi connectivity index (χ2n) is 2.47. The number of rotatable bonds is 2. The van der Waals surface area contributed by atoms with E-state index in [9.17, 15) is 0 Å². The fraction of sp³-hybridized carbons (Fsp3) is 1.00. The Morgan fingerprint density at radius 2 is 2.33 bits per heavy atom. The van der Waals surface area contributed by atoms with Crippen LogP contribution in [0.4, 0.5) is 0 Å². The Hall–Kier alpha value is 0.440. The topological polar surface area (TPSA) is 9.23 Å². The van der Waals surface area contributed by atoms with Gasteiger partial charge in [-0.05, 0) is 25.7 Å². The largest absolute Gasteiger partial charge is 0.378 e. The van der Waals surface area contributed by atoms with E-state index in [-0.39, 0.29) is 0 Å². The van der Waals surface area contributed by atoms with Gasteiger partial charge in [-0.25, -0.2) is 0 Å². The molecular weight excluding hydrogens is 180 g/mol. The molecule has 1 saturated heterocycles. The zero-order valence-electron chi connectivity index (χ0n) is 5.61. The van der Waals surface area contributed by atoms with Gasteiger partial charge in [0.25, 0.3) is 0 Å². The lowest BCUT2D eigenvalue weighted by Gasteiger charge is -2.21. The molecule has 1 heterocycles. The quantitative estimate of drug-likeness (QED) is 0.611. The first-order valence-corrected chi connectivity index (χ1v) is 4.73. The summed E-state index contributed by atoms with van der Waals surface area (Å²) >= 11 is 3.40. The molecule has 0 spiro atoms. The van der Waals surface area contributed by atoms with Gasteiger partial charge < -0.3 is 4.74 Å². The molecule has 0 N–H and O–H groups in total. The van der Waals surface area contributed by atoms with Crippen molar-refractivity contribution < 1.29 is 4.74 Å². The van der Waals surface area contributed by atoms with Crippen LogP contribution in [0.3, 0.4) is 0 Å². The van der Waals surface area contributed by atoms with Crippen LogP contribution in [0.15, 0.2) is 0 Å². The summed E-state index contributed by atoms with van der Waals surface area (Å²) in [5.41, 5.74) is 0. The van der Waals surface area contributed by atoms with Crippen LogP contribution in [0.25, 0.3) is 0 Å². The summed E-state index contributed by atoms with van der Waals surface area (Å²) in [7, 11) is 0. The third-order valence-corrected chi connectivity index (χ3v) is 2.16. The van der Waals surface area contributed by atoms with Crippen LogP contribution in [0.2, 0.25) is 0 Å². The smallest absolute Gasteiger partial charge is 0.0583 e. The third kappa shape index (κ3) is 2.67. The summed E-state index contributed by atoms with van der Waals surface area (Å²) in [6, 6.07) is 0. The number of ether oxygens (including phenoxy) is 1. The highest BCUT2D eigenvalue weighted by atomic mass is 79.9. The highest BCUT2D eigenvalue weighted by molar-refractivity contribution is 9.09. The molecule has 0 aromatic heterocycles. The van der Waals surface area contributed by atoms with E-state index in [0.29, 0.717) is 6.10 Å². The maximum absolute atomic E-state index is 5.49. The number of alkyl halides is 1. The van der Waals surface area contributed by atoms with Gasteiger partial charge in [-0.2, -0.15) is 0 Å². The van der Waals surface area contributed by atoms with Gasteiger partial charge in [-0.3, -0.25) is 0 Å². The molecule has 0 radical (unpaired) electrons. The van der Waals surface area contributed by atoms with Crippen molar-refractivity contribution in [2.45, 2.75) is 31.8 Å². The van der Waals surface area contributed by atoms with Crippen molar-refractivity contribution in [3.8, 4) is 0 Å². The molecule has 0 unspecified atom stereocenters. The predicted octanol–water partition coefficient (Wildman–Crippen LogP) is 2.34. The van der Waals surface area contributed by atoms with E-state index in [1.807, 2.05) is 0 Å². The molecular formula is C7H13BrO. The molecule has 1 aliphatic heterocycles. The first-order chi connectivity index (χ1) is 4.43. The molecule has 1 rings (SSSR count). The third-order valence-electron chi connectivity index (χ3n) is 1.71. The van der Waals surface area contributed by atoms with Crippen molar-refractivity contribution in [3.05, 3.63) is 0 Å². The van der Waals surface area contributed by atoms with E-state index in [1.54, 1.807) is 0 Å². The Balaban J connectivity index is 2.08. The van der Waals surface area contributed by atoms with Crippen LogP contribution in [-0.2, 0) is 4.74 Å². The molecule has 0 amide bonds. The van der Waals surface area contributed by atoms with Gasteiger partial charge in [0.05, 0.1) is 6.10 Å². The summed E-state index contributed by atoms with van der Waals surface area (Å²) < 4.78 is 5.49. The molecule has 54 valence electrons. The molecule has 0 aliphatic carbocycles. The summed E-state index contributed by atoms with van der Waals surface area (Å²) in [5, 5.41) is 1.08. The highest BCUT2D eigenvalue weighted by Gasteiger charge is 2.11. The van der Waals surface area contributed by atoms with Crippen LogP contribution >= 0.6 is 15.9 Å². The Labute approximate surface area is 64.9 Å². The van der Waals surface area contributed by atoms with E-state index in [2.05, 4.69) is 15.9 Å². The van der Waals surface area contributed by atoms with Crippen LogP contribution < -0.4 is 0 Å². The highest BCUT2D eigenvalue weighted by Crippen LogP contribution is 2.15. The number of halogens is 1. The van der Waals surface area contributed by atoms with E-state index >= 15 is 0 Å². The summed E-state index contributed by atoms with van der Waals surface area (Å²) in [4.78, 5) is 0. The van der Waals surface area contributed by atoms with Crippen molar-refractivity contribution in [1.82, 2.24) is 0 Å². The maximum Gasteiger partial charge on any atom is 0.0583 e. The van der Waals surface area contributed by atoms with Crippen molar-refractivity contribution in [1.29, 1.82) is 0 Å².